The molecule has 0 saturated carbocycles. The van der Waals surface area contributed by atoms with E-state index in [1.165, 1.54) is 24.3 Å². The van der Waals surface area contributed by atoms with Crippen LogP contribution in [0.1, 0.15) is 12.8 Å². The summed E-state index contributed by atoms with van der Waals surface area (Å²) in [6.07, 6.45) is 2.72. The summed E-state index contributed by atoms with van der Waals surface area (Å²) in [5.74, 6) is 4.67. The number of thioether (sulfide) groups is 1. The first-order valence-corrected chi connectivity index (χ1v) is 5.28. The van der Waals surface area contributed by atoms with Crippen LogP contribution >= 0.6 is 11.8 Å². The third-order valence-corrected chi connectivity index (χ3v) is 3.78. The van der Waals surface area contributed by atoms with Gasteiger partial charge < -0.3 is 4.74 Å². The van der Waals surface area contributed by atoms with Gasteiger partial charge in [-0.2, -0.15) is 11.8 Å². The smallest absolute Gasteiger partial charge is 0.0497 e. The molecule has 58 valence electrons. The summed E-state index contributed by atoms with van der Waals surface area (Å²) in [6.45, 7) is 2.06. The van der Waals surface area contributed by atoms with E-state index in [0.717, 1.165) is 25.0 Å². The van der Waals surface area contributed by atoms with Crippen LogP contribution in [0.4, 0.5) is 0 Å². The van der Waals surface area contributed by atoms with E-state index in [0.29, 0.717) is 0 Å². The zero-order valence-corrected chi connectivity index (χ0v) is 7.03. The summed E-state index contributed by atoms with van der Waals surface area (Å²) in [5.41, 5.74) is 0. The minimum atomic E-state index is 0.912. The van der Waals surface area contributed by atoms with Crippen LogP contribution in [0.25, 0.3) is 0 Å². The molecule has 2 fully saturated rings. The number of hydrogen-bond donors (Lipinski definition) is 0. The quantitative estimate of drug-likeness (QED) is 0.531. The van der Waals surface area contributed by atoms with Crippen LogP contribution in [0.2, 0.25) is 0 Å². The van der Waals surface area contributed by atoms with Gasteiger partial charge in [0, 0.05) is 13.2 Å². The number of ether oxygens (including phenoxy) is 1. The van der Waals surface area contributed by atoms with Gasteiger partial charge in [-0.1, -0.05) is 0 Å². The van der Waals surface area contributed by atoms with E-state index in [-0.39, 0.29) is 0 Å². The fraction of sp³-hybridized carbons (Fsp3) is 1.00. The van der Waals surface area contributed by atoms with Crippen molar-refractivity contribution < 1.29 is 4.74 Å². The second-order valence-electron chi connectivity index (χ2n) is 3.25. The standard InChI is InChI=1S/C8H14OS/c1-3-9-5-7-2-4-10-6-8(1)7/h7-8H,1-6H2. The van der Waals surface area contributed by atoms with Crippen molar-refractivity contribution in [1.29, 1.82) is 0 Å². The van der Waals surface area contributed by atoms with Crippen LogP contribution in [0, 0.1) is 11.8 Å². The summed E-state index contributed by atoms with van der Waals surface area (Å²) in [7, 11) is 0. The monoisotopic (exact) mass is 158 g/mol. The van der Waals surface area contributed by atoms with Crippen molar-refractivity contribution in [2.24, 2.45) is 11.8 Å². The summed E-state index contributed by atoms with van der Waals surface area (Å²) < 4.78 is 5.43. The lowest BCUT2D eigenvalue weighted by Gasteiger charge is -2.34. The van der Waals surface area contributed by atoms with E-state index in [9.17, 15) is 0 Å². The zero-order chi connectivity index (χ0) is 6.81. The lowest BCUT2D eigenvalue weighted by Crippen LogP contribution is -2.32. The molecule has 1 nitrogen and oxygen atoms in total. The van der Waals surface area contributed by atoms with Gasteiger partial charge >= 0.3 is 0 Å². The summed E-state index contributed by atoms with van der Waals surface area (Å²) in [4.78, 5) is 0. The molecular weight excluding hydrogens is 144 g/mol. The summed E-state index contributed by atoms with van der Waals surface area (Å²) in [5, 5.41) is 0. The zero-order valence-electron chi connectivity index (χ0n) is 6.21. The van der Waals surface area contributed by atoms with E-state index in [1.807, 2.05) is 0 Å². The van der Waals surface area contributed by atoms with Crippen LogP contribution in [0.15, 0.2) is 0 Å². The van der Waals surface area contributed by atoms with Crippen LogP contribution in [-0.2, 0) is 4.74 Å². The predicted octanol–water partition coefficient (Wildman–Crippen LogP) is 1.78. The molecule has 2 rings (SSSR count). The Kier molecular flexibility index (Phi) is 2.19. The van der Waals surface area contributed by atoms with Crippen LogP contribution in [-0.4, -0.2) is 24.7 Å². The maximum absolute atomic E-state index is 5.43. The fourth-order valence-corrected chi connectivity index (χ4v) is 3.23. The average molecular weight is 158 g/mol. The Bertz CT molecular complexity index is 89.8. The van der Waals surface area contributed by atoms with E-state index < -0.39 is 0 Å². The molecule has 0 N–H and O–H groups in total. The Morgan fingerprint density at radius 1 is 1.20 bits per heavy atom. The minimum Gasteiger partial charge on any atom is -0.381 e. The van der Waals surface area contributed by atoms with Gasteiger partial charge in [0.1, 0.15) is 0 Å². The number of fused-ring (bicyclic) bond motifs is 1. The Morgan fingerprint density at radius 3 is 3.10 bits per heavy atom. The topological polar surface area (TPSA) is 9.23 Å². The predicted molar refractivity (Wildman–Crippen MR) is 44.4 cm³/mol. The normalized spacial score (nSPS) is 40.8. The SMILES string of the molecule is C1CC2CSCCC2CO1. The summed E-state index contributed by atoms with van der Waals surface area (Å²) >= 11 is 2.13. The van der Waals surface area contributed by atoms with Crippen molar-refractivity contribution in [3.8, 4) is 0 Å². The van der Waals surface area contributed by atoms with Crippen molar-refractivity contribution in [2.75, 3.05) is 24.7 Å². The number of hydrogen-bond acceptors (Lipinski definition) is 2. The summed E-state index contributed by atoms with van der Waals surface area (Å²) in [6, 6.07) is 0. The highest BCUT2D eigenvalue weighted by Gasteiger charge is 2.28. The van der Waals surface area contributed by atoms with E-state index in [1.54, 1.807) is 0 Å². The van der Waals surface area contributed by atoms with Crippen LogP contribution in [0.3, 0.4) is 0 Å². The second-order valence-corrected chi connectivity index (χ2v) is 4.40. The first-order chi connectivity index (χ1) is 4.97. The fourth-order valence-electron chi connectivity index (χ4n) is 1.85. The van der Waals surface area contributed by atoms with Gasteiger partial charge in [-0.05, 0) is 36.2 Å². The van der Waals surface area contributed by atoms with Gasteiger partial charge in [-0.25, -0.2) is 0 Å². The molecule has 2 atom stereocenters. The van der Waals surface area contributed by atoms with Crippen molar-refractivity contribution in [3.63, 3.8) is 0 Å². The molecule has 2 unspecified atom stereocenters. The Balaban J connectivity index is 1.93. The number of rotatable bonds is 0. The first-order valence-electron chi connectivity index (χ1n) is 4.12. The molecule has 2 aliphatic heterocycles. The van der Waals surface area contributed by atoms with Crippen molar-refractivity contribution in [3.05, 3.63) is 0 Å². The average Bonchev–Trinajstić information content (AvgIpc) is 2.05. The highest BCUT2D eigenvalue weighted by molar-refractivity contribution is 7.99. The van der Waals surface area contributed by atoms with Crippen LogP contribution in [0.5, 0.6) is 0 Å². The Labute approximate surface area is 66.5 Å². The molecule has 2 heteroatoms. The molecule has 2 aliphatic rings. The van der Waals surface area contributed by atoms with E-state index in [2.05, 4.69) is 11.8 Å². The van der Waals surface area contributed by atoms with Gasteiger partial charge in [0.2, 0.25) is 0 Å². The van der Waals surface area contributed by atoms with Gasteiger partial charge in [0.25, 0.3) is 0 Å². The third-order valence-electron chi connectivity index (χ3n) is 2.60. The van der Waals surface area contributed by atoms with Crippen molar-refractivity contribution in [2.45, 2.75) is 12.8 Å². The van der Waals surface area contributed by atoms with Gasteiger partial charge in [-0.15, -0.1) is 0 Å². The largest absolute Gasteiger partial charge is 0.381 e. The molecule has 10 heavy (non-hydrogen) atoms. The highest BCUT2D eigenvalue weighted by atomic mass is 32.2. The third kappa shape index (κ3) is 1.32. The molecule has 0 spiro atoms. The van der Waals surface area contributed by atoms with Gasteiger partial charge in [0.15, 0.2) is 0 Å². The van der Waals surface area contributed by atoms with Crippen LogP contribution < -0.4 is 0 Å². The Morgan fingerprint density at radius 2 is 2.20 bits per heavy atom. The van der Waals surface area contributed by atoms with Crippen molar-refractivity contribution in [1.82, 2.24) is 0 Å². The maximum atomic E-state index is 5.43. The van der Waals surface area contributed by atoms with Gasteiger partial charge in [-0.3, -0.25) is 0 Å². The molecule has 0 amide bonds. The molecule has 2 heterocycles. The maximum Gasteiger partial charge on any atom is 0.0497 e. The molecular formula is C8H14OS. The minimum absolute atomic E-state index is 0.912. The molecule has 0 aromatic rings. The van der Waals surface area contributed by atoms with Gasteiger partial charge in [0.05, 0.1) is 0 Å². The molecule has 0 aromatic carbocycles. The van der Waals surface area contributed by atoms with E-state index in [4.69, 9.17) is 4.74 Å². The molecule has 0 radical (unpaired) electrons. The molecule has 0 aromatic heterocycles. The second kappa shape index (κ2) is 3.14. The lowest BCUT2D eigenvalue weighted by atomic mass is 9.88. The highest BCUT2D eigenvalue weighted by Crippen LogP contribution is 2.33. The molecule has 2 saturated heterocycles. The Hall–Kier alpha value is 0.310. The molecule has 0 aliphatic carbocycles. The molecule has 0 bridgehead atoms. The van der Waals surface area contributed by atoms with Crippen molar-refractivity contribution >= 4 is 11.8 Å². The van der Waals surface area contributed by atoms with E-state index >= 15 is 0 Å². The first kappa shape index (κ1) is 6.99. The lowest BCUT2D eigenvalue weighted by molar-refractivity contribution is 0.0214.